The predicted molar refractivity (Wildman–Crippen MR) is 74.8 cm³/mol. The Balaban J connectivity index is 1.93. The fourth-order valence-electron chi connectivity index (χ4n) is 2.34. The molecular weight excluding hydrogens is 240 g/mol. The highest BCUT2D eigenvalue weighted by Gasteiger charge is 2.33. The standard InChI is InChI=1S/C15H24N2O2/c1-4-16-11(2)9-15(18)17(13-6-7-13)10-14-8-5-12(3)19-14/h5,8,11,13,16H,4,6-7,9-10H2,1-3H3. The lowest BCUT2D eigenvalue weighted by Crippen LogP contribution is -2.37. The summed E-state index contributed by atoms with van der Waals surface area (Å²) in [6.45, 7) is 7.56. The van der Waals surface area contributed by atoms with Crippen molar-refractivity contribution >= 4 is 5.91 Å². The number of nitrogens with one attached hydrogen (secondary N) is 1. The second kappa shape index (κ2) is 6.24. The van der Waals surface area contributed by atoms with Gasteiger partial charge >= 0.3 is 0 Å². The number of carbonyl (C=O) groups is 1. The van der Waals surface area contributed by atoms with Gasteiger partial charge in [0.15, 0.2) is 0 Å². The van der Waals surface area contributed by atoms with E-state index in [4.69, 9.17) is 4.42 Å². The SMILES string of the molecule is CCNC(C)CC(=O)N(Cc1ccc(C)o1)C1CC1. The molecule has 1 N–H and O–H groups in total. The molecule has 1 unspecified atom stereocenters. The fraction of sp³-hybridized carbons (Fsp3) is 0.667. The molecular formula is C15H24N2O2. The van der Waals surface area contributed by atoms with Crippen molar-refractivity contribution in [1.82, 2.24) is 10.2 Å². The molecule has 106 valence electrons. The van der Waals surface area contributed by atoms with E-state index >= 15 is 0 Å². The van der Waals surface area contributed by atoms with E-state index in [9.17, 15) is 4.79 Å². The molecule has 1 heterocycles. The van der Waals surface area contributed by atoms with Crippen LogP contribution in [-0.4, -0.2) is 29.4 Å². The van der Waals surface area contributed by atoms with Gasteiger partial charge in [-0.3, -0.25) is 4.79 Å². The Morgan fingerprint density at radius 1 is 1.53 bits per heavy atom. The molecule has 0 spiro atoms. The molecule has 1 aromatic rings. The Morgan fingerprint density at radius 3 is 2.79 bits per heavy atom. The van der Waals surface area contributed by atoms with E-state index in [1.54, 1.807) is 0 Å². The summed E-state index contributed by atoms with van der Waals surface area (Å²) in [4.78, 5) is 14.3. The molecule has 2 rings (SSSR count). The van der Waals surface area contributed by atoms with E-state index in [2.05, 4.69) is 19.2 Å². The normalized spacial score (nSPS) is 16.4. The van der Waals surface area contributed by atoms with Gasteiger partial charge in [-0.1, -0.05) is 6.92 Å². The summed E-state index contributed by atoms with van der Waals surface area (Å²) >= 11 is 0. The maximum Gasteiger partial charge on any atom is 0.224 e. The second-order valence-electron chi connectivity index (χ2n) is 5.43. The first-order valence-electron chi connectivity index (χ1n) is 7.18. The molecule has 1 fully saturated rings. The molecule has 4 nitrogen and oxygen atoms in total. The van der Waals surface area contributed by atoms with E-state index in [0.717, 1.165) is 30.9 Å². The van der Waals surface area contributed by atoms with E-state index in [1.807, 2.05) is 24.0 Å². The Labute approximate surface area is 115 Å². The molecule has 0 aromatic carbocycles. The molecule has 1 aromatic heterocycles. The molecule has 0 bridgehead atoms. The maximum atomic E-state index is 12.4. The third-order valence-corrected chi connectivity index (χ3v) is 3.46. The van der Waals surface area contributed by atoms with Gasteiger partial charge in [0.2, 0.25) is 5.91 Å². The quantitative estimate of drug-likeness (QED) is 0.823. The van der Waals surface area contributed by atoms with E-state index in [0.29, 0.717) is 19.0 Å². The van der Waals surface area contributed by atoms with Gasteiger partial charge in [0, 0.05) is 18.5 Å². The van der Waals surface area contributed by atoms with Gasteiger partial charge in [-0.05, 0) is 45.4 Å². The van der Waals surface area contributed by atoms with Crippen LogP contribution in [0.5, 0.6) is 0 Å². The first kappa shape index (κ1) is 14.1. The van der Waals surface area contributed by atoms with E-state index in [1.165, 1.54) is 0 Å². The van der Waals surface area contributed by atoms with Crippen molar-refractivity contribution in [3.63, 3.8) is 0 Å². The number of nitrogens with zero attached hydrogens (tertiary/aromatic N) is 1. The molecule has 1 aliphatic carbocycles. The van der Waals surface area contributed by atoms with Crippen LogP contribution in [0, 0.1) is 6.92 Å². The van der Waals surface area contributed by atoms with Gasteiger partial charge in [0.1, 0.15) is 11.5 Å². The van der Waals surface area contributed by atoms with Crippen molar-refractivity contribution < 1.29 is 9.21 Å². The lowest BCUT2D eigenvalue weighted by atomic mass is 10.2. The summed E-state index contributed by atoms with van der Waals surface area (Å²) < 4.78 is 5.59. The Bertz CT molecular complexity index is 424. The zero-order valence-electron chi connectivity index (χ0n) is 12.1. The molecule has 1 amide bonds. The summed E-state index contributed by atoms with van der Waals surface area (Å²) in [5.74, 6) is 2.01. The second-order valence-corrected chi connectivity index (χ2v) is 5.43. The van der Waals surface area contributed by atoms with E-state index in [-0.39, 0.29) is 11.9 Å². The zero-order chi connectivity index (χ0) is 13.8. The summed E-state index contributed by atoms with van der Waals surface area (Å²) in [5.41, 5.74) is 0. The summed E-state index contributed by atoms with van der Waals surface area (Å²) in [7, 11) is 0. The van der Waals surface area contributed by atoms with Crippen LogP contribution in [0.1, 0.15) is 44.6 Å². The Hall–Kier alpha value is -1.29. The summed E-state index contributed by atoms with van der Waals surface area (Å²) in [6.07, 6.45) is 2.81. The number of amides is 1. The minimum atomic E-state index is 0.227. The number of carbonyl (C=O) groups excluding carboxylic acids is 1. The molecule has 4 heteroatoms. The van der Waals surface area contributed by atoms with Gasteiger partial charge in [-0.15, -0.1) is 0 Å². The maximum absolute atomic E-state index is 12.4. The van der Waals surface area contributed by atoms with Gasteiger partial charge in [0.05, 0.1) is 6.54 Å². The number of hydrogen-bond acceptors (Lipinski definition) is 3. The summed E-state index contributed by atoms with van der Waals surface area (Å²) in [5, 5.41) is 3.29. The zero-order valence-corrected chi connectivity index (χ0v) is 12.1. The Morgan fingerprint density at radius 2 is 2.26 bits per heavy atom. The van der Waals surface area contributed by atoms with Crippen LogP contribution in [0.3, 0.4) is 0 Å². The molecule has 1 saturated carbocycles. The van der Waals surface area contributed by atoms with Crippen LogP contribution in [0.2, 0.25) is 0 Å². The van der Waals surface area contributed by atoms with Crippen LogP contribution in [-0.2, 0) is 11.3 Å². The predicted octanol–water partition coefficient (Wildman–Crippen LogP) is 2.47. The first-order chi connectivity index (χ1) is 9.10. The van der Waals surface area contributed by atoms with Crippen LogP contribution in [0.15, 0.2) is 16.5 Å². The minimum absolute atomic E-state index is 0.227. The largest absolute Gasteiger partial charge is 0.464 e. The number of furan rings is 1. The number of hydrogen-bond donors (Lipinski definition) is 1. The average Bonchev–Trinajstić information content (AvgIpc) is 3.10. The lowest BCUT2D eigenvalue weighted by molar-refractivity contribution is -0.133. The molecule has 1 aliphatic rings. The highest BCUT2D eigenvalue weighted by molar-refractivity contribution is 5.77. The van der Waals surface area contributed by atoms with E-state index < -0.39 is 0 Å². The fourth-order valence-corrected chi connectivity index (χ4v) is 2.34. The molecule has 0 radical (unpaired) electrons. The monoisotopic (exact) mass is 264 g/mol. The topological polar surface area (TPSA) is 45.5 Å². The highest BCUT2D eigenvalue weighted by Crippen LogP contribution is 2.29. The van der Waals surface area contributed by atoms with Crippen molar-refractivity contribution in [2.24, 2.45) is 0 Å². The molecule has 0 saturated heterocycles. The van der Waals surface area contributed by atoms with Crippen LogP contribution in [0.4, 0.5) is 0 Å². The lowest BCUT2D eigenvalue weighted by Gasteiger charge is -2.23. The van der Waals surface area contributed by atoms with Crippen LogP contribution >= 0.6 is 0 Å². The average molecular weight is 264 g/mol. The van der Waals surface area contributed by atoms with Crippen molar-refractivity contribution in [2.45, 2.75) is 58.7 Å². The first-order valence-corrected chi connectivity index (χ1v) is 7.18. The minimum Gasteiger partial charge on any atom is -0.464 e. The third kappa shape index (κ3) is 4.10. The van der Waals surface area contributed by atoms with Gasteiger partial charge in [0.25, 0.3) is 0 Å². The van der Waals surface area contributed by atoms with Gasteiger partial charge in [-0.2, -0.15) is 0 Å². The third-order valence-electron chi connectivity index (χ3n) is 3.46. The van der Waals surface area contributed by atoms with Crippen LogP contribution in [0.25, 0.3) is 0 Å². The van der Waals surface area contributed by atoms with Crippen molar-refractivity contribution in [3.8, 4) is 0 Å². The van der Waals surface area contributed by atoms with Crippen molar-refractivity contribution in [1.29, 1.82) is 0 Å². The van der Waals surface area contributed by atoms with Gasteiger partial charge in [-0.25, -0.2) is 0 Å². The smallest absolute Gasteiger partial charge is 0.224 e. The molecule has 0 aliphatic heterocycles. The highest BCUT2D eigenvalue weighted by atomic mass is 16.3. The van der Waals surface area contributed by atoms with Crippen molar-refractivity contribution in [3.05, 3.63) is 23.7 Å². The van der Waals surface area contributed by atoms with Crippen molar-refractivity contribution in [2.75, 3.05) is 6.54 Å². The number of rotatable bonds is 7. The molecule has 19 heavy (non-hydrogen) atoms. The number of aryl methyl sites for hydroxylation is 1. The molecule has 1 atom stereocenters. The van der Waals surface area contributed by atoms with Crippen LogP contribution < -0.4 is 5.32 Å². The Kier molecular flexibility index (Phi) is 4.64. The van der Waals surface area contributed by atoms with Gasteiger partial charge < -0.3 is 14.6 Å². The summed E-state index contributed by atoms with van der Waals surface area (Å²) in [6, 6.07) is 4.57.